The summed E-state index contributed by atoms with van der Waals surface area (Å²) in [6.07, 6.45) is 0. The second-order valence-corrected chi connectivity index (χ2v) is 7.04. The van der Waals surface area contributed by atoms with Crippen molar-refractivity contribution in [1.29, 1.82) is 0 Å². The zero-order valence-corrected chi connectivity index (χ0v) is 14.0. The van der Waals surface area contributed by atoms with E-state index in [2.05, 4.69) is 20.2 Å². The maximum absolute atomic E-state index is 12.4. The normalized spacial score (nSPS) is 13.0. The van der Waals surface area contributed by atoms with E-state index in [0.29, 0.717) is 11.3 Å². The fourth-order valence-corrected chi connectivity index (χ4v) is 3.32. The summed E-state index contributed by atoms with van der Waals surface area (Å²) in [4.78, 5) is 25.5. The van der Waals surface area contributed by atoms with E-state index in [1.807, 2.05) is 0 Å². The molecule has 132 valence electrons. The highest BCUT2D eigenvalue weighted by atomic mass is 32.2. The van der Waals surface area contributed by atoms with Crippen LogP contribution in [0.1, 0.15) is 12.7 Å². The number of aromatic nitrogens is 2. The summed E-state index contributed by atoms with van der Waals surface area (Å²) in [5, 5.41) is 6.03. The van der Waals surface area contributed by atoms with Crippen molar-refractivity contribution < 1.29 is 22.2 Å². The van der Waals surface area contributed by atoms with Gasteiger partial charge in [-0.05, 0) is 26.0 Å². The fraction of sp³-hybridized carbons (Fsp3) is 0.214. The number of H-pyrrole nitrogens is 1. The van der Waals surface area contributed by atoms with Gasteiger partial charge in [-0.1, -0.05) is 5.16 Å². The van der Waals surface area contributed by atoms with Crippen molar-refractivity contribution in [2.75, 3.05) is 5.32 Å². The van der Waals surface area contributed by atoms with E-state index in [1.54, 1.807) is 6.92 Å². The minimum atomic E-state index is -4.00. The number of aromatic amines is 1. The quantitative estimate of drug-likeness (QED) is 0.603. The molecule has 1 aromatic carbocycles. The molecule has 0 aliphatic rings. The Bertz CT molecular complexity index is 1090. The number of aryl methyl sites for hydroxylation is 1. The SMILES string of the molecule is Cc1cc(NC(=O)[C@@H](C)NS(=O)(=O)c2ccc3[nH]c(=O)oc3c2)no1. The standard InChI is InChI=1S/C14H14N4O6S/c1-7-5-12(17-24-7)16-13(19)8(2)18-25(21,22)9-3-4-10-11(6-9)23-14(20)15-10/h3-6,8,18H,1-2H3,(H,15,20)(H,16,17,19)/t8-/m1/s1. The van der Waals surface area contributed by atoms with Gasteiger partial charge in [-0.15, -0.1) is 0 Å². The van der Waals surface area contributed by atoms with Crippen LogP contribution in [0, 0.1) is 6.92 Å². The molecule has 0 bridgehead atoms. The minimum Gasteiger partial charge on any atom is -0.408 e. The number of benzene rings is 1. The molecule has 0 unspecified atom stereocenters. The van der Waals surface area contributed by atoms with Crippen molar-refractivity contribution in [1.82, 2.24) is 14.9 Å². The lowest BCUT2D eigenvalue weighted by molar-refractivity contribution is -0.117. The number of carbonyl (C=O) groups excluding carboxylic acids is 1. The topological polar surface area (TPSA) is 147 Å². The first-order valence-electron chi connectivity index (χ1n) is 7.14. The Morgan fingerprint density at radius 3 is 2.76 bits per heavy atom. The first-order chi connectivity index (χ1) is 11.7. The number of amides is 1. The summed E-state index contributed by atoms with van der Waals surface area (Å²) >= 11 is 0. The first kappa shape index (κ1) is 16.9. The number of nitrogens with zero attached hydrogens (tertiary/aromatic N) is 1. The van der Waals surface area contributed by atoms with Crippen molar-refractivity contribution in [2.45, 2.75) is 24.8 Å². The van der Waals surface area contributed by atoms with Crippen LogP contribution < -0.4 is 15.8 Å². The Balaban J connectivity index is 1.76. The van der Waals surface area contributed by atoms with Crippen molar-refractivity contribution >= 4 is 32.8 Å². The van der Waals surface area contributed by atoms with E-state index in [-0.39, 0.29) is 16.3 Å². The molecule has 0 aliphatic carbocycles. The number of nitrogens with one attached hydrogen (secondary N) is 3. The lowest BCUT2D eigenvalue weighted by Crippen LogP contribution is -2.41. The molecule has 1 atom stereocenters. The molecule has 3 rings (SSSR count). The van der Waals surface area contributed by atoms with Crippen molar-refractivity contribution in [3.8, 4) is 0 Å². The van der Waals surface area contributed by atoms with Gasteiger partial charge in [-0.25, -0.2) is 13.2 Å². The molecule has 1 amide bonds. The van der Waals surface area contributed by atoms with Gasteiger partial charge in [0.1, 0.15) is 5.76 Å². The molecule has 2 heterocycles. The Morgan fingerprint density at radius 1 is 1.32 bits per heavy atom. The summed E-state index contributed by atoms with van der Waals surface area (Å²) in [5.74, 6) is -0.604. The number of hydrogen-bond donors (Lipinski definition) is 3. The van der Waals surface area contributed by atoms with Crippen LogP contribution in [0.2, 0.25) is 0 Å². The molecule has 0 aliphatic heterocycles. The Morgan fingerprint density at radius 2 is 2.08 bits per heavy atom. The molecule has 3 N–H and O–H groups in total. The van der Waals surface area contributed by atoms with Crippen molar-refractivity contribution in [2.24, 2.45) is 0 Å². The summed E-state index contributed by atoms with van der Waals surface area (Å²) < 4.78 is 36.7. The first-order valence-corrected chi connectivity index (χ1v) is 8.62. The highest BCUT2D eigenvalue weighted by Crippen LogP contribution is 2.17. The second-order valence-electron chi connectivity index (χ2n) is 5.33. The molecular formula is C14H14N4O6S. The predicted molar refractivity (Wildman–Crippen MR) is 86.5 cm³/mol. The average Bonchev–Trinajstić information content (AvgIpc) is 3.10. The Labute approximate surface area is 141 Å². The van der Waals surface area contributed by atoms with E-state index in [9.17, 15) is 18.0 Å². The number of sulfonamides is 1. The maximum Gasteiger partial charge on any atom is 0.417 e. The maximum atomic E-state index is 12.4. The number of hydrogen-bond acceptors (Lipinski definition) is 7. The smallest absolute Gasteiger partial charge is 0.408 e. The van der Waals surface area contributed by atoms with Gasteiger partial charge in [-0.3, -0.25) is 9.78 Å². The number of carbonyl (C=O) groups is 1. The Hall–Kier alpha value is -2.92. The molecule has 0 saturated heterocycles. The zero-order valence-electron chi connectivity index (χ0n) is 13.2. The molecule has 0 saturated carbocycles. The van der Waals surface area contributed by atoms with Gasteiger partial charge in [0.25, 0.3) is 0 Å². The van der Waals surface area contributed by atoms with E-state index in [4.69, 9.17) is 8.94 Å². The molecule has 0 fully saturated rings. The van der Waals surface area contributed by atoms with E-state index in [1.165, 1.54) is 31.2 Å². The molecule has 3 aromatic rings. The number of rotatable bonds is 5. The molecule has 0 spiro atoms. The van der Waals surface area contributed by atoms with Gasteiger partial charge in [0.2, 0.25) is 15.9 Å². The van der Waals surface area contributed by atoms with E-state index < -0.39 is 27.7 Å². The summed E-state index contributed by atoms with van der Waals surface area (Å²) in [5.41, 5.74) is 0.471. The van der Waals surface area contributed by atoms with Crippen LogP contribution in [-0.2, 0) is 14.8 Å². The van der Waals surface area contributed by atoms with Crippen LogP contribution in [0.5, 0.6) is 0 Å². The highest BCUT2D eigenvalue weighted by molar-refractivity contribution is 7.89. The van der Waals surface area contributed by atoms with Gasteiger partial charge in [-0.2, -0.15) is 4.72 Å². The third-order valence-corrected chi connectivity index (χ3v) is 4.85. The molecule has 2 aromatic heterocycles. The molecule has 0 radical (unpaired) electrons. The van der Waals surface area contributed by atoms with Crippen LogP contribution >= 0.6 is 0 Å². The van der Waals surface area contributed by atoms with E-state index >= 15 is 0 Å². The number of anilines is 1. The van der Waals surface area contributed by atoms with Gasteiger partial charge >= 0.3 is 5.76 Å². The zero-order chi connectivity index (χ0) is 18.2. The third kappa shape index (κ3) is 3.61. The van der Waals surface area contributed by atoms with Crippen LogP contribution in [-0.4, -0.2) is 30.5 Å². The monoisotopic (exact) mass is 366 g/mol. The lowest BCUT2D eigenvalue weighted by Gasteiger charge is -2.13. The van der Waals surface area contributed by atoms with Crippen LogP contribution in [0.3, 0.4) is 0 Å². The van der Waals surface area contributed by atoms with Gasteiger partial charge < -0.3 is 14.3 Å². The lowest BCUT2D eigenvalue weighted by atomic mass is 10.3. The van der Waals surface area contributed by atoms with Crippen LogP contribution in [0.4, 0.5) is 5.82 Å². The second kappa shape index (κ2) is 6.18. The molecule has 25 heavy (non-hydrogen) atoms. The van der Waals surface area contributed by atoms with E-state index in [0.717, 1.165) is 0 Å². The summed E-state index contributed by atoms with van der Waals surface area (Å²) in [6, 6.07) is 4.32. The number of oxazole rings is 1. The van der Waals surface area contributed by atoms with Crippen molar-refractivity contribution in [3.63, 3.8) is 0 Å². The summed E-state index contributed by atoms with van der Waals surface area (Å²) in [6.45, 7) is 3.04. The van der Waals surface area contributed by atoms with Gasteiger partial charge in [0.05, 0.1) is 16.5 Å². The van der Waals surface area contributed by atoms with Gasteiger partial charge in [0, 0.05) is 12.1 Å². The largest absolute Gasteiger partial charge is 0.417 e. The average molecular weight is 366 g/mol. The van der Waals surface area contributed by atoms with Gasteiger partial charge in [0.15, 0.2) is 11.4 Å². The molecule has 11 heteroatoms. The van der Waals surface area contributed by atoms with Crippen LogP contribution in [0.15, 0.2) is 42.9 Å². The highest BCUT2D eigenvalue weighted by Gasteiger charge is 2.23. The van der Waals surface area contributed by atoms with Crippen LogP contribution in [0.25, 0.3) is 11.1 Å². The number of fused-ring (bicyclic) bond motifs is 1. The molecule has 10 nitrogen and oxygen atoms in total. The Kier molecular flexibility index (Phi) is 4.18. The predicted octanol–water partition coefficient (Wildman–Crippen LogP) is 0.723. The van der Waals surface area contributed by atoms with Crippen molar-refractivity contribution in [3.05, 3.63) is 40.6 Å². The minimum absolute atomic E-state index is 0.100. The molecular weight excluding hydrogens is 352 g/mol. The fourth-order valence-electron chi connectivity index (χ4n) is 2.11. The third-order valence-electron chi connectivity index (χ3n) is 3.31. The summed E-state index contributed by atoms with van der Waals surface area (Å²) in [7, 11) is -4.00.